The van der Waals surface area contributed by atoms with Gasteiger partial charge in [-0.25, -0.2) is 0 Å². The van der Waals surface area contributed by atoms with Crippen LogP contribution in [0.5, 0.6) is 0 Å². The Bertz CT molecular complexity index is 527. The van der Waals surface area contributed by atoms with Crippen molar-refractivity contribution >= 4 is 0 Å². The standard InChI is InChI=1S/C30H58O2.C2H6/c1-10-26(18-19-27(21-25(7)31)22-28(32)11-2)17-14-20-30(8,9)29(12-3)24(6)16-13-15-23(4)5;1-2/h18-19,23-25,28-29,31-32H,10-17,20-22H2,1-9H3;1-2H3/b26-18-,27-19+;/t24-,25-,28-,29?;/m0./s1. The van der Waals surface area contributed by atoms with E-state index in [0.29, 0.717) is 18.3 Å². The predicted octanol–water partition coefficient (Wildman–Crippen LogP) is 9.89. The molecule has 0 fully saturated rings. The van der Waals surface area contributed by atoms with Crippen molar-refractivity contribution in [3.05, 3.63) is 23.3 Å². The minimum absolute atomic E-state index is 0.312. The van der Waals surface area contributed by atoms with E-state index in [-0.39, 0.29) is 12.2 Å². The fraction of sp³-hybridized carbons (Fsp3) is 0.875. The van der Waals surface area contributed by atoms with Gasteiger partial charge in [0.25, 0.3) is 0 Å². The van der Waals surface area contributed by atoms with Gasteiger partial charge in [0.15, 0.2) is 0 Å². The molecular formula is C32H64O2. The summed E-state index contributed by atoms with van der Waals surface area (Å²) in [6.45, 7) is 24.6. The van der Waals surface area contributed by atoms with E-state index in [1.165, 1.54) is 44.1 Å². The molecule has 0 bridgehead atoms. The Morgan fingerprint density at radius 3 is 1.85 bits per heavy atom. The molecule has 0 aromatic carbocycles. The van der Waals surface area contributed by atoms with Gasteiger partial charge in [-0.1, -0.05) is 118 Å². The van der Waals surface area contributed by atoms with Crippen LogP contribution in [0, 0.1) is 23.2 Å². The van der Waals surface area contributed by atoms with Crippen LogP contribution in [0.1, 0.15) is 147 Å². The molecule has 4 atom stereocenters. The second-order valence-corrected chi connectivity index (χ2v) is 11.5. The molecule has 0 saturated heterocycles. The average molecular weight is 481 g/mol. The molecule has 34 heavy (non-hydrogen) atoms. The maximum atomic E-state index is 10.1. The van der Waals surface area contributed by atoms with Gasteiger partial charge >= 0.3 is 0 Å². The average Bonchev–Trinajstić information content (AvgIpc) is 2.76. The van der Waals surface area contributed by atoms with Crippen LogP contribution >= 0.6 is 0 Å². The number of hydrogen-bond donors (Lipinski definition) is 2. The molecule has 1 unspecified atom stereocenters. The van der Waals surface area contributed by atoms with E-state index < -0.39 is 0 Å². The third kappa shape index (κ3) is 16.9. The van der Waals surface area contributed by atoms with Gasteiger partial charge in [0.2, 0.25) is 0 Å². The van der Waals surface area contributed by atoms with Gasteiger partial charge in [0, 0.05) is 0 Å². The van der Waals surface area contributed by atoms with Crippen LogP contribution in [-0.2, 0) is 0 Å². The van der Waals surface area contributed by atoms with Crippen LogP contribution in [0.3, 0.4) is 0 Å². The first-order valence-electron chi connectivity index (χ1n) is 14.7. The van der Waals surface area contributed by atoms with E-state index in [0.717, 1.165) is 42.6 Å². The predicted molar refractivity (Wildman–Crippen MR) is 154 cm³/mol. The largest absolute Gasteiger partial charge is 0.393 e. The summed E-state index contributed by atoms with van der Waals surface area (Å²) in [6.07, 6.45) is 15.9. The first kappa shape index (κ1) is 35.6. The summed E-state index contributed by atoms with van der Waals surface area (Å²) in [6, 6.07) is 0. The minimum Gasteiger partial charge on any atom is -0.393 e. The maximum absolute atomic E-state index is 10.1. The van der Waals surface area contributed by atoms with Crippen LogP contribution in [0.15, 0.2) is 23.3 Å². The van der Waals surface area contributed by atoms with Gasteiger partial charge in [-0.2, -0.15) is 0 Å². The zero-order valence-electron chi connectivity index (χ0n) is 25.2. The van der Waals surface area contributed by atoms with Crippen LogP contribution in [0.25, 0.3) is 0 Å². The van der Waals surface area contributed by atoms with Crippen LogP contribution in [0.2, 0.25) is 0 Å². The minimum atomic E-state index is -0.363. The molecule has 0 aliphatic carbocycles. The zero-order chi connectivity index (χ0) is 26.7. The Morgan fingerprint density at radius 2 is 1.38 bits per heavy atom. The van der Waals surface area contributed by atoms with E-state index in [1.54, 1.807) is 0 Å². The summed E-state index contributed by atoms with van der Waals surface area (Å²) < 4.78 is 0. The highest BCUT2D eigenvalue weighted by atomic mass is 16.3. The summed E-state index contributed by atoms with van der Waals surface area (Å²) in [5.41, 5.74) is 3.01. The molecule has 0 aliphatic rings. The van der Waals surface area contributed by atoms with Crippen molar-refractivity contribution < 1.29 is 10.2 Å². The SMILES string of the molecule is CC.CC/C(=C/C=C(/C[C@@H](O)CC)C[C@H](C)O)CCCC(C)(C)C(CC)[C@@H](C)CCCC(C)C. The highest BCUT2D eigenvalue weighted by molar-refractivity contribution is 5.19. The Labute approximate surface area is 215 Å². The van der Waals surface area contributed by atoms with Crippen molar-refractivity contribution in [2.45, 2.75) is 159 Å². The normalized spacial score (nSPS) is 16.6. The Balaban J connectivity index is 0. The summed E-state index contributed by atoms with van der Waals surface area (Å²) in [4.78, 5) is 0. The van der Waals surface area contributed by atoms with Crippen LogP contribution in [-0.4, -0.2) is 22.4 Å². The molecule has 2 heteroatoms. The van der Waals surface area contributed by atoms with Crippen molar-refractivity contribution in [1.82, 2.24) is 0 Å². The Morgan fingerprint density at radius 1 is 0.794 bits per heavy atom. The number of aliphatic hydroxyl groups is 2. The maximum Gasteiger partial charge on any atom is 0.0574 e. The number of rotatable bonds is 18. The van der Waals surface area contributed by atoms with Gasteiger partial charge in [-0.05, 0) is 75.0 Å². The van der Waals surface area contributed by atoms with Crippen molar-refractivity contribution in [3.8, 4) is 0 Å². The topological polar surface area (TPSA) is 40.5 Å². The zero-order valence-corrected chi connectivity index (χ0v) is 25.2. The van der Waals surface area contributed by atoms with E-state index in [2.05, 4.69) is 60.6 Å². The molecule has 0 amide bonds. The molecule has 0 rings (SSSR count). The van der Waals surface area contributed by atoms with E-state index >= 15 is 0 Å². The highest BCUT2D eigenvalue weighted by Crippen LogP contribution is 2.41. The second kappa shape index (κ2) is 20.6. The molecule has 204 valence electrons. The molecule has 0 spiro atoms. The summed E-state index contributed by atoms with van der Waals surface area (Å²) in [5, 5.41) is 19.9. The Hall–Kier alpha value is -0.600. The molecule has 0 aromatic heterocycles. The summed E-state index contributed by atoms with van der Waals surface area (Å²) in [7, 11) is 0. The van der Waals surface area contributed by atoms with Crippen molar-refractivity contribution in [1.29, 1.82) is 0 Å². The lowest BCUT2D eigenvalue weighted by atomic mass is 9.67. The summed E-state index contributed by atoms with van der Waals surface area (Å²) in [5.74, 6) is 2.40. The van der Waals surface area contributed by atoms with Crippen molar-refractivity contribution in [2.24, 2.45) is 23.2 Å². The molecule has 0 aliphatic heterocycles. The molecule has 0 aromatic rings. The molecular weight excluding hydrogens is 416 g/mol. The summed E-state index contributed by atoms with van der Waals surface area (Å²) >= 11 is 0. The van der Waals surface area contributed by atoms with E-state index in [1.807, 2.05) is 27.7 Å². The lowest BCUT2D eigenvalue weighted by molar-refractivity contribution is 0.119. The number of aliphatic hydroxyl groups excluding tert-OH is 2. The monoisotopic (exact) mass is 480 g/mol. The quantitative estimate of drug-likeness (QED) is 0.192. The molecule has 0 radical (unpaired) electrons. The third-order valence-electron chi connectivity index (χ3n) is 7.43. The lowest BCUT2D eigenvalue weighted by Gasteiger charge is -2.38. The fourth-order valence-corrected chi connectivity index (χ4v) is 5.39. The van der Waals surface area contributed by atoms with Gasteiger partial charge in [0.05, 0.1) is 12.2 Å². The smallest absolute Gasteiger partial charge is 0.0574 e. The Kier molecular flexibility index (Phi) is 21.5. The molecule has 2 nitrogen and oxygen atoms in total. The van der Waals surface area contributed by atoms with Crippen molar-refractivity contribution in [2.75, 3.05) is 0 Å². The van der Waals surface area contributed by atoms with Gasteiger partial charge in [-0.15, -0.1) is 0 Å². The van der Waals surface area contributed by atoms with Gasteiger partial charge in [0.1, 0.15) is 0 Å². The first-order valence-corrected chi connectivity index (χ1v) is 14.7. The third-order valence-corrected chi connectivity index (χ3v) is 7.43. The molecule has 0 saturated carbocycles. The fourth-order valence-electron chi connectivity index (χ4n) is 5.39. The van der Waals surface area contributed by atoms with Crippen molar-refractivity contribution in [3.63, 3.8) is 0 Å². The molecule has 0 heterocycles. The molecule has 2 N–H and O–H groups in total. The second-order valence-electron chi connectivity index (χ2n) is 11.5. The highest BCUT2D eigenvalue weighted by Gasteiger charge is 2.31. The van der Waals surface area contributed by atoms with E-state index in [4.69, 9.17) is 0 Å². The van der Waals surface area contributed by atoms with Crippen LogP contribution in [0.4, 0.5) is 0 Å². The number of allylic oxidation sites excluding steroid dienone is 3. The van der Waals surface area contributed by atoms with Gasteiger partial charge in [-0.3, -0.25) is 0 Å². The van der Waals surface area contributed by atoms with Crippen LogP contribution < -0.4 is 0 Å². The lowest BCUT2D eigenvalue weighted by Crippen LogP contribution is -2.29. The van der Waals surface area contributed by atoms with Gasteiger partial charge < -0.3 is 10.2 Å². The first-order chi connectivity index (χ1) is 16.0. The number of hydrogen-bond acceptors (Lipinski definition) is 2. The van der Waals surface area contributed by atoms with E-state index in [9.17, 15) is 10.2 Å².